The van der Waals surface area contributed by atoms with E-state index in [1.54, 1.807) is 0 Å². The van der Waals surface area contributed by atoms with Gasteiger partial charge in [-0.1, -0.05) is 352 Å². The molecule has 2 aliphatic rings. The molecule has 1 heterocycles. The molecule has 0 amide bonds. The van der Waals surface area contributed by atoms with E-state index in [-0.39, 0.29) is 0 Å². The Hall–Kier alpha value is -15.0. The van der Waals surface area contributed by atoms with E-state index in [4.69, 9.17) is 4.42 Å². The van der Waals surface area contributed by atoms with Crippen LogP contribution in [0, 0.1) is 0 Å². The first kappa shape index (κ1) is 64.8. The van der Waals surface area contributed by atoms with Gasteiger partial charge in [-0.25, -0.2) is 0 Å². The fourth-order valence-corrected chi connectivity index (χ4v) is 19.7. The number of benzene rings is 22. The lowest BCUT2D eigenvalue weighted by molar-refractivity contribution is 0.669. The second kappa shape index (κ2) is 25.8. The quantitative estimate of drug-likeness (QED) is 0.160. The number of rotatable bonds is 4. The van der Waals surface area contributed by atoms with Gasteiger partial charge in [0, 0.05) is 10.8 Å². The monoisotopic (exact) mass is 1450 g/mol. The molecule has 0 fully saturated rings. The van der Waals surface area contributed by atoms with Crippen molar-refractivity contribution in [2.75, 3.05) is 0 Å². The SMILES string of the molecule is c1ccc2c(c1)-c1ccccc1-c1ccc(-c3ccc4c5ccccc5c5ccc(-c6ccc7c8ccccc8c8ccccc8c7c6)cc5c4c3)cc1-c1ccccc1-2.c1ccc2c(c1)-c1ccccc1-c1ccc(-c3ccc4c5ccccc5c5ccc(-c6ccc7oc8ccccc8c7c6)cc5c4c3)cc1-c1ccccc1-2. The molecular formula is C114H68O. The van der Waals surface area contributed by atoms with E-state index < -0.39 is 0 Å². The summed E-state index contributed by atoms with van der Waals surface area (Å²) in [5.41, 5.74) is 31.7. The number of fused-ring (bicyclic) bond motifs is 37. The molecule has 0 bridgehead atoms. The van der Waals surface area contributed by atoms with Gasteiger partial charge in [-0.05, 0) is 291 Å². The minimum atomic E-state index is 0.915. The normalized spacial score (nSPS) is 12.0. The first-order valence-corrected chi connectivity index (χ1v) is 39.9. The third-order valence-corrected chi connectivity index (χ3v) is 25.1. The molecule has 1 aromatic heterocycles. The Balaban J connectivity index is 0.000000133. The van der Waals surface area contributed by atoms with Crippen LogP contribution >= 0.6 is 0 Å². The maximum absolute atomic E-state index is 6.17. The number of para-hydroxylation sites is 1. The summed E-state index contributed by atoms with van der Waals surface area (Å²) in [5.74, 6) is 0. The molecule has 0 atom stereocenters. The van der Waals surface area contributed by atoms with E-state index in [1.165, 1.54) is 230 Å². The number of furan rings is 1. The molecule has 0 unspecified atom stereocenters. The Morgan fingerprint density at radius 2 is 0.261 bits per heavy atom. The third-order valence-electron chi connectivity index (χ3n) is 25.1. The average Bonchev–Trinajstić information content (AvgIpc) is 0.963. The second-order valence-electron chi connectivity index (χ2n) is 31.1. The first-order valence-electron chi connectivity index (χ1n) is 39.9. The summed E-state index contributed by atoms with van der Waals surface area (Å²) in [5, 5.41) is 25.3. The molecule has 2 aliphatic carbocycles. The van der Waals surface area contributed by atoms with Crippen molar-refractivity contribution >= 4 is 119 Å². The zero-order chi connectivity index (χ0) is 75.3. The Bertz CT molecular complexity index is 8060. The van der Waals surface area contributed by atoms with Gasteiger partial charge in [-0.2, -0.15) is 0 Å². The van der Waals surface area contributed by atoms with Gasteiger partial charge in [0.05, 0.1) is 0 Å². The van der Waals surface area contributed by atoms with Gasteiger partial charge in [0.15, 0.2) is 0 Å². The van der Waals surface area contributed by atoms with Crippen molar-refractivity contribution in [2.45, 2.75) is 0 Å². The summed E-state index contributed by atoms with van der Waals surface area (Å²) in [6.45, 7) is 0. The highest BCUT2D eigenvalue weighted by molar-refractivity contribution is 6.29. The van der Waals surface area contributed by atoms with E-state index in [1.807, 2.05) is 12.1 Å². The average molecular weight is 1450 g/mol. The molecule has 115 heavy (non-hydrogen) atoms. The zero-order valence-electron chi connectivity index (χ0n) is 62.7. The van der Waals surface area contributed by atoms with Crippen molar-refractivity contribution in [3.05, 3.63) is 413 Å². The topological polar surface area (TPSA) is 13.1 Å². The summed E-state index contributed by atoms with van der Waals surface area (Å²) in [7, 11) is 0. The molecule has 1 nitrogen and oxygen atoms in total. The van der Waals surface area contributed by atoms with Crippen LogP contribution in [0.1, 0.15) is 0 Å². The third kappa shape index (κ3) is 10.2. The van der Waals surface area contributed by atoms with Crippen LogP contribution in [0.5, 0.6) is 0 Å². The van der Waals surface area contributed by atoms with Crippen LogP contribution in [0.25, 0.3) is 252 Å². The molecule has 1 heteroatoms. The van der Waals surface area contributed by atoms with Crippen molar-refractivity contribution in [3.63, 3.8) is 0 Å². The highest BCUT2D eigenvalue weighted by Crippen LogP contribution is 2.53. The van der Waals surface area contributed by atoms with Crippen LogP contribution in [-0.2, 0) is 0 Å². The van der Waals surface area contributed by atoms with E-state index in [0.717, 1.165) is 21.9 Å². The summed E-state index contributed by atoms with van der Waals surface area (Å²) < 4.78 is 6.17. The lowest BCUT2D eigenvalue weighted by atomic mass is 9.80. The van der Waals surface area contributed by atoms with Gasteiger partial charge in [-0.3, -0.25) is 0 Å². The molecule has 22 aromatic carbocycles. The Kier molecular flexibility index (Phi) is 14.5. The van der Waals surface area contributed by atoms with Crippen LogP contribution in [0.2, 0.25) is 0 Å². The minimum absolute atomic E-state index is 0.915. The summed E-state index contributed by atoms with van der Waals surface area (Å²) in [6.07, 6.45) is 0. The van der Waals surface area contributed by atoms with Crippen LogP contribution in [0.4, 0.5) is 0 Å². The van der Waals surface area contributed by atoms with Gasteiger partial charge >= 0.3 is 0 Å². The lowest BCUT2D eigenvalue weighted by Crippen LogP contribution is -1.97. The van der Waals surface area contributed by atoms with Crippen LogP contribution in [0.15, 0.2) is 417 Å². The highest BCUT2D eigenvalue weighted by Gasteiger charge is 2.26. The molecule has 530 valence electrons. The summed E-state index contributed by atoms with van der Waals surface area (Å²) >= 11 is 0. The summed E-state index contributed by atoms with van der Waals surface area (Å²) in [6, 6.07) is 153. The molecule has 0 radical (unpaired) electrons. The van der Waals surface area contributed by atoms with Crippen LogP contribution in [-0.4, -0.2) is 0 Å². The number of hydrogen-bond donors (Lipinski definition) is 0. The fourth-order valence-electron chi connectivity index (χ4n) is 19.7. The van der Waals surface area contributed by atoms with Crippen molar-refractivity contribution in [3.8, 4) is 134 Å². The van der Waals surface area contributed by atoms with Crippen molar-refractivity contribution in [1.82, 2.24) is 0 Å². The van der Waals surface area contributed by atoms with Gasteiger partial charge in [-0.15, -0.1) is 0 Å². The van der Waals surface area contributed by atoms with E-state index in [0.29, 0.717) is 0 Å². The molecule has 23 aromatic rings. The van der Waals surface area contributed by atoms with E-state index in [9.17, 15) is 0 Å². The predicted octanol–water partition coefficient (Wildman–Crippen LogP) is 32.3. The second-order valence-corrected chi connectivity index (χ2v) is 31.1. The smallest absolute Gasteiger partial charge is 0.135 e. The molecule has 25 rings (SSSR count). The number of hydrogen-bond acceptors (Lipinski definition) is 1. The molecule has 0 aliphatic heterocycles. The Morgan fingerprint density at radius 1 is 0.0957 bits per heavy atom. The zero-order valence-corrected chi connectivity index (χ0v) is 62.7. The molecular weight excluding hydrogens is 1390 g/mol. The maximum atomic E-state index is 6.17. The first-order chi connectivity index (χ1) is 57.0. The van der Waals surface area contributed by atoms with E-state index >= 15 is 0 Å². The Labute approximate surface area is 664 Å². The standard InChI is InChI=1S/C60H36.C54H32O/c1-2-14-42-41(13-1)43-15-3-5-19-47(43)53-29-25-37(33-57(53)51-23-11-9-17-45(42)51)39-27-31-55-49-21-7-8-22-50(49)56-32-28-40(36-60(56)59(55)35-39)38-26-30-54-48-20-6-4-16-44(48)46-18-10-12-24-52(46)58(54)34-38;1-2-12-38-37(11-1)39-13-3-4-15-41(39)45-25-21-33(29-49(45)44-18-8-7-14-40(38)44)34-22-26-46-42-16-5-6-17-43(42)47-27-23-35(31-51(47)50(46)30-34)36-24-28-54-52(32-36)48-19-9-10-20-53(48)55-54/h1-36H;1-32H. The van der Waals surface area contributed by atoms with Crippen molar-refractivity contribution < 1.29 is 4.42 Å². The molecule has 0 N–H and O–H groups in total. The van der Waals surface area contributed by atoms with Gasteiger partial charge < -0.3 is 4.42 Å². The highest BCUT2D eigenvalue weighted by atomic mass is 16.3. The lowest BCUT2D eigenvalue weighted by Gasteiger charge is -2.23. The van der Waals surface area contributed by atoms with Gasteiger partial charge in [0.25, 0.3) is 0 Å². The predicted molar refractivity (Wildman–Crippen MR) is 490 cm³/mol. The van der Waals surface area contributed by atoms with Crippen molar-refractivity contribution in [2.24, 2.45) is 0 Å². The Morgan fingerprint density at radius 3 is 0.539 bits per heavy atom. The fraction of sp³-hybridized carbons (Fsp3) is 0. The van der Waals surface area contributed by atoms with Crippen molar-refractivity contribution in [1.29, 1.82) is 0 Å². The van der Waals surface area contributed by atoms with Crippen LogP contribution in [0.3, 0.4) is 0 Å². The largest absolute Gasteiger partial charge is 0.456 e. The van der Waals surface area contributed by atoms with E-state index in [2.05, 4.69) is 400 Å². The molecule has 0 saturated carbocycles. The minimum Gasteiger partial charge on any atom is -0.456 e. The molecule has 0 saturated heterocycles. The summed E-state index contributed by atoms with van der Waals surface area (Å²) in [4.78, 5) is 0. The van der Waals surface area contributed by atoms with Gasteiger partial charge in [0.1, 0.15) is 11.2 Å². The molecule has 0 spiro atoms. The maximum Gasteiger partial charge on any atom is 0.135 e. The van der Waals surface area contributed by atoms with Gasteiger partial charge in [0.2, 0.25) is 0 Å². The van der Waals surface area contributed by atoms with Crippen LogP contribution < -0.4 is 0 Å².